The van der Waals surface area contributed by atoms with Gasteiger partial charge in [-0.15, -0.1) is 0 Å². The van der Waals surface area contributed by atoms with Crippen molar-refractivity contribution in [3.05, 3.63) is 35.6 Å². The molecule has 1 aromatic carbocycles. The number of amides is 1. The molecule has 0 saturated carbocycles. The summed E-state index contributed by atoms with van der Waals surface area (Å²) in [6, 6.07) is 6.28. The topological polar surface area (TPSA) is 44.8 Å². The van der Waals surface area contributed by atoms with E-state index in [1.54, 1.807) is 19.2 Å². The molecule has 134 valence electrons. The van der Waals surface area contributed by atoms with Crippen LogP contribution in [0.15, 0.2) is 24.3 Å². The van der Waals surface area contributed by atoms with Crippen LogP contribution in [0.2, 0.25) is 0 Å². The quantitative estimate of drug-likeness (QED) is 0.773. The van der Waals surface area contributed by atoms with Crippen molar-refractivity contribution in [2.75, 3.05) is 53.0 Å². The molecule has 0 radical (unpaired) electrons. The van der Waals surface area contributed by atoms with E-state index >= 15 is 0 Å². The number of carbonyl (C=O) groups excluding carboxylic acids is 1. The highest BCUT2D eigenvalue weighted by Gasteiger charge is 2.25. The van der Waals surface area contributed by atoms with Crippen molar-refractivity contribution >= 4 is 5.91 Å². The average Bonchev–Trinajstić information content (AvgIpc) is 2.61. The lowest BCUT2D eigenvalue weighted by molar-refractivity contribution is -0.126. The Hall–Kier alpha value is -1.50. The van der Waals surface area contributed by atoms with Crippen LogP contribution in [0.25, 0.3) is 0 Å². The van der Waals surface area contributed by atoms with Crippen LogP contribution in [-0.4, -0.2) is 74.7 Å². The van der Waals surface area contributed by atoms with E-state index in [0.29, 0.717) is 13.0 Å². The zero-order valence-electron chi connectivity index (χ0n) is 14.6. The monoisotopic (exact) mass is 337 g/mol. The second-order valence-corrected chi connectivity index (χ2v) is 6.21. The van der Waals surface area contributed by atoms with Crippen LogP contribution in [0, 0.1) is 5.82 Å². The van der Waals surface area contributed by atoms with Crippen molar-refractivity contribution in [1.82, 2.24) is 15.1 Å². The molecule has 0 aliphatic carbocycles. The molecule has 5 nitrogen and oxygen atoms in total. The van der Waals surface area contributed by atoms with Gasteiger partial charge in [0.1, 0.15) is 5.82 Å². The van der Waals surface area contributed by atoms with Gasteiger partial charge in [-0.3, -0.25) is 14.6 Å². The van der Waals surface area contributed by atoms with E-state index in [0.717, 1.165) is 44.9 Å². The van der Waals surface area contributed by atoms with E-state index in [9.17, 15) is 9.18 Å². The Balaban J connectivity index is 1.67. The van der Waals surface area contributed by atoms with Crippen LogP contribution in [0.4, 0.5) is 4.39 Å². The smallest absolute Gasteiger partial charge is 0.237 e. The maximum atomic E-state index is 12.9. The lowest BCUT2D eigenvalue weighted by atomic mass is 10.1. The predicted octanol–water partition coefficient (Wildman–Crippen LogP) is 1.14. The van der Waals surface area contributed by atoms with Gasteiger partial charge in [0, 0.05) is 46.4 Å². The number of ether oxygens (including phenoxy) is 1. The fourth-order valence-electron chi connectivity index (χ4n) is 2.89. The van der Waals surface area contributed by atoms with Crippen molar-refractivity contribution in [3.63, 3.8) is 0 Å². The molecular formula is C18H28FN3O2. The van der Waals surface area contributed by atoms with Gasteiger partial charge in [0.2, 0.25) is 5.91 Å². The minimum Gasteiger partial charge on any atom is -0.383 e. The first-order valence-electron chi connectivity index (χ1n) is 8.57. The second kappa shape index (κ2) is 9.71. The molecule has 1 unspecified atom stereocenters. The first-order valence-corrected chi connectivity index (χ1v) is 8.57. The summed E-state index contributed by atoms with van der Waals surface area (Å²) in [5.74, 6) is -0.177. The normalized spacial score (nSPS) is 17.6. The third-order valence-corrected chi connectivity index (χ3v) is 4.57. The van der Waals surface area contributed by atoms with Crippen molar-refractivity contribution < 1.29 is 13.9 Å². The average molecular weight is 337 g/mol. The van der Waals surface area contributed by atoms with Crippen LogP contribution < -0.4 is 5.32 Å². The summed E-state index contributed by atoms with van der Waals surface area (Å²) in [6.45, 7) is 7.96. The highest BCUT2D eigenvalue weighted by atomic mass is 19.1. The van der Waals surface area contributed by atoms with E-state index in [1.165, 1.54) is 12.1 Å². The number of hydrogen-bond donors (Lipinski definition) is 1. The van der Waals surface area contributed by atoms with Crippen molar-refractivity contribution in [2.45, 2.75) is 19.4 Å². The van der Waals surface area contributed by atoms with Gasteiger partial charge in [0.15, 0.2) is 0 Å². The van der Waals surface area contributed by atoms with E-state index in [-0.39, 0.29) is 17.8 Å². The molecule has 1 N–H and O–H groups in total. The largest absolute Gasteiger partial charge is 0.383 e. The molecule has 1 aliphatic heterocycles. The Bertz CT molecular complexity index is 501. The SMILES string of the molecule is COCCN1CCN(C(C)C(=O)NCCc2ccc(F)cc2)CC1. The molecule has 0 spiro atoms. The fraction of sp³-hybridized carbons (Fsp3) is 0.611. The van der Waals surface area contributed by atoms with E-state index in [1.807, 2.05) is 6.92 Å². The van der Waals surface area contributed by atoms with Crippen molar-refractivity contribution in [1.29, 1.82) is 0 Å². The zero-order valence-corrected chi connectivity index (χ0v) is 14.6. The van der Waals surface area contributed by atoms with Crippen LogP contribution in [0.3, 0.4) is 0 Å². The summed E-state index contributed by atoms with van der Waals surface area (Å²) in [6.07, 6.45) is 0.712. The van der Waals surface area contributed by atoms with Crippen LogP contribution >= 0.6 is 0 Å². The summed E-state index contributed by atoms with van der Waals surface area (Å²) in [4.78, 5) is 16.9. The first-order chi connectivity index (χ1) is 11.6. The number of hydrogen-bond acceptors (Lipinski definition) is 4. The Morgan fingerprint density at radius 3 is 2.54 bits per heavy atom. The first kappa shape index (κ1) is 18.8. The number of nitrogens with one attached hydrogen (secondary N) is 1. The Kier molecular flexibility index (Phi) is 7.62. The number of carbonyl (C=O) groups is 1. The van der Waals surface area contributed by atoms with Gasteiger partial charge in [-0.25, -0.2) is 4.39 Å². The molecule has 1 saturated heterocycles. The van der Waals surface area contributed by atoms with Gasteiger partial charge < -0.3 is 10.1 Å². The fourth-order valence-corrected chi connectivity index (χ4v) is 2.89. The summed E-state index contributed by atoms with van der Waals surface area (Å²) in [5, 5.41) is 2.98. The van der Waals surface area contributed by atoms with Gasteiger partial charge in [-0.2, -0.15) is 0 Å². The predicted molar refractivity (Wildman–Crippen MR) is 92.5 cm³/mol. The molecule has 6 heteroatoms. The van der Waals surface area contributed by atoms with Gasteiger partial charge >= 0.3 is 0 Å². The molecule has 1 aliphatic rings. The van der Waals surface area contributed by atoms with Gasteiger partial charge in [-0.1, -0.05) is 12.1 Å². The summed E-state index contributed by atoms with van der Waals surface area (Å²) >= 11 is 0. The molecule has 1 heterocycles. The van der Waals surface area contributed by atoms with E-state index in [4.69, 9.17) is 4.74 Å². The number of rotatable bonds is 8. The molecule has 1 atom stereocenters. The van der Waals surface area contributed by atoms with Gasteiger partial charge in [0.05, 0.1) is 12.6 Å². The Morgan fingerprint density at radius 1 is 1.25 bits per heavy atom. The molecule has 2 rings (SSSR count). The molecule has 1 fully saturated rings. The summed E-state index contributed by atoms with van der Waals surface area (Å²) in [7, 11) is 1.72. The molecule has 0 bridgehead atoms. The molecule has 0 aromatic heterocycles. The number of methoxy groups -OCH3 is 1. The highest BCUT2D eigenvalue weighted by molar-refractivity contribution is 5.81. The lowest BCUT2D eigenvalue weighted by Gasteiger charge is -2.37. The maximum absolute atomic E-state index is 12.9. The third-order valence-electron chi connectivity index (χ3n) is 4.57. The minimum absolute atomic E-state index is 0.0578. The van der Waals surface area contributed by atoms with Gasteiger partial charge in [0.25, 0.3) is 0 Å². The van der Waals surface area contributed by atoms with Crippen molar-refractivity contribution in [2.24, 2.45) is 0 Å². The molecule has 1 amide bonds. The van der Waals surface area contributed by atoms with E-state index < -0.39 is 0 Å². The van der Waals surface area contributed by atoms with Crippen LogP contribution in [-0.2, 0) is 16.0 Å². The molecule has 24 heavy (non-hydrogen) atoms. The summed E-state index contributed by atoms with van der Waals surface area (Å²) < 4.78 is 18.0. The number of benzene rings is 1. The van der Waals surface area contributed by atoms with Crippen LogP contribution in [0.5, 0.6) is 0 Å². The summed E-state index contributed by atoms with van der Waals surface area (Å²) in [5.41, 5.74) is 1.02. The number of nitrogens with zero attached hydrogens (tertiary/aromatic N) is 2. The number of piperazine rings is 1. The van der Waals surface area contributed by atoms with Crippen LogP contribution in [0.1, 0.15) is 12.5 Å². The lowest BCUT2D eigenvalue weighted by Crippen LogP contribution is -2.54. The Labute approximate surface area is 143 Å². The zero-order chi connectivity index (χ0) is 17.4. The second-order valence-electron chi connectivity index (χ2n) is 6.21. The number of halogens is 1. The molecule has 1 aromatic rings. The maximum Gasteiger partial charge on any atom is 0.237 e. The minimum atomic E-state index is -0.235. The van der Waals surface area contributed by atoms with Crippen molar-refractivity contribution in [3.8, 4) is 0 Å². The highest BCUT2D eigenvalue weighted by Crippen LogP contribution is 2.07. The van der Waals surface area contributed by atoms with Gasteiger partial charge in [-0.05, 0) is 31.0 Å². The standard InChI is InChI=1S/C18H28FN3O2/c1-15(22-11-9-21(10-12-22)13-14-24-2)18(23)20-8-7-16-3-5-17(19)6-4-16/h3-6,15H,7-14H2,1-2H3,(H,20,23). The third kappa shape index (κ3) is 5.85. The Morgan fingerprint density at radius 2 is 1.92 bits per heavy atom. The molecular weight excluding hydrogens is 309 g/mol. The van der Waals surface area contributed by atoms with E-state index in [2.05, 4.69) is 15.1 Å².